The Labute approximate surface area is 121 Å². The first-order valence-electron chi connectivity index (χ1n) is 6.49. The van der Waals surface area contributed by atoms with Gasteiger partial charge in [-0.05, 0) is 31.7 Å². The Bertz CT molecular complexity index is 462. The summed E-state index contributed by atoms with van der Waals surface area (Å²) in [6.07, 6.45) is 0.737. The van der Waals surface area contributed by atoms with E-state index in [1.54, 1.807) is 0 Å². The summed E-state index contributed by atoms with van der Waals surface area (Å²) in [4.78, 5) is 0. The molecule has 2 nitrogen and oxygen atoms in total. The van der Waals surface area contributed by atoms with Gasteiger partial charge in [0.1, 0.15) is 11.4 Å². The van der Waals surface area contributed by atoms with Crippen LogP contribution in [-0.2, 0) is 0 Å². The molecule has 1 heterocycles. The molecule has 1 unspecified atom stereocenters. The van der Waals surface area contributed by atoms with Gasteiger partial charge >= 0.3 is 5.51 Å². The van der Waals surface area contributed by atoms with E-state index in [1.807, 2.05) is 38.1 Å². The number of nitrogens with one attached hydrogen (secondary N) is 1. The second-order valence-corrected chi connectivity index (χ2v) is 6.56. The zero-order valence-corrected chi connectivity index (χ0v) is 12.3. The molecule has 0 saturated heterocycles. The van der Waals surface area contributed by atoms with Crippen LogP contribution < -0.4 is 10.1 Å². The van der Waals surface area contributed by atoms with E-state index in [4.69, 9.17) is 4.74 Å². The second-order valence-electron chi connectivity index (χ2n) is 5.40. The molecule has 0 saturated carbocycles. The van der Waals surface area contributed by atoms with E-state index in [-0.39, 0.29) is 29.2 Å². The summed E-state index contributed by atoms with van der Waals surface area (Å²) in [5.74, 6) is 0.827. The Hall–Kier alpha value is -0.880. The predicted molar refractivity (Wildman–Crippen MR) is 75.0 cm³/mol. The Morgan fingerprint density at radius 3 is 2.75 bits per heavy atom. The third-order valence-electron chi connectivity index (χ3n) is 3.13. The normalized spacial score (nSPS) is 21.1. The second kappa shape index (κ2) is 5.85. The molecule has 112 valence electrons. The molecule has 2 rings (SSSR count). The molecule has 0 amide bonds. The van der Waals surface area contributed by atoms with Crippen LogP contribution in [0.3, 0.4) is 0 Å². The van der Waals surface area contributed by atoms with Crippen molar-refractivity contribution in [1.29, 1.82) is 0 Å². The average molecular weight is 305 g/mol. The minimum atomic E-state index is -4.16. The molecule has 20 heavy (non-hydrogen) atoms. The molecule has 0 radical (unpaired) electrons. The number of hydrogen-bond donors (Lipinski definition) is 1. The van der Waals surface area contributed by atoms with Gasteiger partial charge in [0.05, 0.1) is 0 Å². The SMILES string of the molecule is CC1(C)CC(NCCSC(F)(F)F)c2ccccc2O1. The van der Waals surface area contributed by atoms with Gasteiger partial charge in [0.25, 0.3) is 0 Å². The molecule has 0 fully saturated rings. The molecule has 1 atom stereocenters. The van der Waals surface area contributed by atoms with Gasteiger partial charge in [-0.2, -0.15) is 13.2 Å². The number of alkyl halides is 3. The molecule has 0 spiro atoms. The molecule has 0 aromatic heterocycles. The van der Waals surface area contributed by atoms with Gasteiger partial charge in [-0.25, -0.2) is 0 Å². The van der Waals surface area contributed by atoms with Crippen LogP contribution in [0.1, 0.15) is 31.9 Å². The van der Waals surface area contributed by atoms with Gasteiger partial charge in [-0.15, -0.1) is 0 Å². The molecule has 1 aliphatic rings. The maximum Gasteiger partial charge on any atom is 0.441 e. The summed E-state index contributed by atoms with van der Waals surface area (Å²) in [5.41, 5.74) is -3.46. The number of benzene rings is 1. The van der Waals surface area contributed by atoms with E-state index in [9.17, 15) is 13.2 Å². The Balaban J connectivity index is 1.97. The highest BCUT2D eigenvalue weighted by Crippen LogP contribution is 2.39. The van der Waals surface area contributed by atoms with Crippen molar-refractivity contribution in [3.63, 3.8) is 0 Å². The summed E-state index contributed by atoms with van der Waals surface area (Å²) >= 11 is 0.00959. The minimum Gasteiger partial charge on any atom is -0.487 e. The largest absolute Gasteiger partial charge is 0.487 e. The van der Waals surface area contributed by atoms with Crippen molar-refractivity contribution in [2.24, 2.45) is 0 Å². The lowest BCUT2D eigenvalue weighted by Gasteiger charge is -2.38. The zero-order chi connectivity index (χ0) is 14.8. The number of rotatable bonds is 4. The lowest BCUT2D eigenvalue weighted by atomic mass is 9.90. The Morgan fingerprint density at radius 1 is 1.35 bits per heavy atom. The van der Waals surface area contributed by atoms with E-state index < -0.39 is 5.51 Å². The maximum absolute atomic E-state index is 12.1. The molecule has 0 bridgehead atoms. The van der Waals surface area contributed by atoms with Crippen LogP contribution in [0, 0.1) is 0 Å². The lowest BCUT2D eigenvalue weighted by Crippen LogP contribution is -2.40. The van der Waals surface area contributed by atoms with Crippen molar-refractivity contribution in [2.75, 3.05) is 12.3 Å². The molecule has 1 N–H and O–H groups in total. The smallest absolute Gasteiger partial charge is 0.441 e. The van der Waals surface area contributed by atoms with Crippen molar-refractivity contribution in [3.05, 3.63) is 29.8 Å². The molecule has 0 aliphatic carbocycles. The standard InChI is InChI=1S/C14H18F3NOS/c1-13(2)9-11(18-7-8-20-14(15,16)17)10-5-3-4-6-12(10)19-13/h3-6,11,18H,7-9H2,1-2H3. The van der Waals surface area contributed by atoms with Gasteiger partial charge in [-0.1, -0.05) is 18.2 Å². The fourth-order valence-corrected chi connectivity index (χ4v) is 2.84. The first kappa shape index (κ1) is 15.5. The van der Waals surface area contributed by atoms with E-state index in [2.05, 4.69) is 5.32 Å². The molecular weight excluding hydrogens is 287 g/mol. The molecule has 1 aromatic carbocycles. The number of thioether (sulfide) groups is 1. The van der Waals surface area contributed by atoms with Crippen molar-refractivity contribution < 1.29 is 17.9 Å². The van der Waals surface area contributed by atoms with Gasteiger partial charge in [0.15, 0.2) is 0 Å². The summed E-state index contributed by atoms with van der Waals surface area (Å²) in [5, 5.41) is 3.21. The van der Waals surface area contributed by atoms with Gasteiger partial charge in [0.2, 0.25) is 0 Å². The maximum atomic E-state index is 12.1. The third-order valence-corrected chi connectivity index (χ3v) is 3.87. The summed E-state index contributed by atoms with van der Waals surface area (Å²) < 4.78 is 42.2. The number of hydrogen-bond acceptors (Lipinski definition) is 3. The van der Waals surface area contributed by atoms with Crippen LogP contribution in [0.2, 0.25) is 0 Å². The van der Waals surface area contributed by atoms with Crippen molar-refractivity contribution >= 4 is 11.8 Å². The highest BCUT2D eigenvalue weighted by atomic mass is 32.2. The zero-order valence-electron chi connectivity index (χ0n) is 11.5. The monoisotopic (exact) mass is 305 g/mol. The predicted octanol–water partition coefficient (Wildman–Crippen LogP) is 4.13. The molecular formula is C14H18F3NOS. The van der Waals surface area contributed by atoms with Crippen molar-refractivity contribution in [2.45, 2.75) is 37.4 Å². The number of fused-ring (bicyclic) bond motifs is 1. The summed E-state index contributed by atoms with van der Waals surface area (Å²) in [6, 6.07) is 7.70. The number of halogens is 3. The molecule has 1 aliphatic heterocycles. The van der Waals surface area contributed by atoms with E-state index >= 15 is 0 Å². The molecule has 6 heteroatoms. The van der Waals surface area contributed by atoms with Gasteiger partial charge < -0.3 is 10.1 Å². The van der Waals surface area contributed by atoms with Crippen molar-refractivity contribution in [3.8, 4) is 5.75 Å². The van der Waals surface area contributed by atoms with E-state index in [0.717, 1.165) is 17.7 Å². The number of para-hydroxylation sites is 1. The highest BCUT2D eigenvalue weighted by molar-refractivity contribution is 8.00. The molecule has 1 aromatic rings. The Kier molecular flexibility index (Phi) is 4.54. The minimum absolute atomic E-state index is 0.00959. The van der Waals surface area contributed by atoms with Crippen LogP contribution in [0.4, 0.5) is 13.2 Å². The third kappa shape index (κ3) is 4.31. The van der Waals surface area contributed by atoms with Crippen LogP contribution >= 0.6 is 11.8 Å². The van der Waals surface area contributed by atoms with Gasteiger partial charge in [-0.3, -0.25) is 0 Å². The van der Waals surface area contributed by atoms with Gasteiger partial charge in [0, 0.05) is 30.3 Å². The van der Waals surface area contributed by atoms with E-state index in [1.165, 1.54) is 0 Å². The van der Waals surface area contributed by atoms with E-state index in [0.29, 0.717) is 6.54 Å². The van der Waals surface area contributed by atoms with Crippen LogP contribution in [0.5, 0.6) is 5.75 Å². The fraction of sp³-hybridized carbons (Fsp3) is 0.571. The highest BCUT2D eigenvalue weighted by Gasteiger charge is 2.33. The van der Waals surface area contributed by atoms with Crippen LogP contribution in [-0.4, -0.2) is 23.4 Å². The number of ether oxygens (including phenoxy) is 1. The first-order chi connectivity index (χ1) is 9.27. The van der Waals surface area contributed by atoms with Crippen LogP contribution in [0.25, 0.3) is 0 Å². The topological polar surface area (TPSA) is 21.3 Å². The first-order valence-corrected chi connectivity index (χ1v) is 7.47. The Morgan fingerprint density at radius 2 is 2.05 bits per heavy atom. The summed E-state index contributed by atoms with van der Waals surface area (Å²) in [7, 11) is 0. The quantitative estimate of drug-likeness (QED) is 0.845. The lowest BCUT2D eigenvalue weighted by molar-refractivity contribution is -0.0328. The summed E-state index contributed by atoms with van der Waals surface area (Å²) in [6.45, 7) is 4.30. The average Bonchev–Trinajstić information content (AvgIpc) is 2.32. The van der Waals surface area contributed by atoms with Crippen LogP contribution in [0.15, 0.2) is 24.3 Å². The fourth-order valence-electron chi connectivity index (χ4n) is 2.38. The van der Waals surface area contributed by atoms with Crippen molar-refractivity contribution in [1.82, 2.24) is 5.32 Å².